The van der Waals surface area contributed by atoms with E-state index in [4.69, 9.17) is 0 Å². The highest BCUT2D eigenvalue weighted by atomic mass is 32.2. The van der Waals surface area contributed by atoms with E-state index in [1.54, 1.807) is 25.1 Å². The van der Waals surface area contributed by atoms with Crippen molar-refractivity contribution in [3.05, 3.63) is 29.3 Å². The van der Waals surface area contributed by atoms with Gasteiger partial charge in [0.2, 0.25) is 10.0 Å². The topological polar surface area (TPSA) is 71.5 Å². The summed E-state index contributed by atoms with van der Waals surface area (Å²) in [7, 11) is -5.40. The summed E-state index contributed by atoms with van der Waals surface area (Å²) >= 11 is 0. The maximum atomic E-state index is 12.7. The molecule has 21 heavy (non-hydrogen) atoms. The van der Waals surface area contributed by atoms with Gasteiger partial charge in [0.25, 0.3) is 0 Å². The van der Waals surface area contributed by atoms with E-state index >= 15 is 0 Å². The van der Waals surface area contributed by atoms with Crippen molar-refractivity contribution >= 4 is 19.9 Å². The van der Waals surface area contributed by atoms with Crippen molar-refractivity contribution in [2.45, 2.75) is 37.6 Å². The summed E-state index contributed by atoms with van der Waals surface area (Å²) in [5, 5.41) is 0. The smallest absolute Gasteiger partial charge is 0.229 e. The fraction of sp³-hybridized carbons (Fsp3) is 0.571. The molecule has 118 valence electrons. The molecule has 0 radical (unpaired) electrons. The summed E-state index contributed by atoms with van der Waals surface area (Å²) < 4.78 is 50.1. The highest BCUT2D eigenvalue weighted by molar-refractivity contribution is 7.92. The second-order valence-electron chi connectivity index (χ2n) is 6.06. The Morgan fingerprint density at radius 3 is 2.29 bits per heavy atom. The predicted octanol–water partition coefficient (Wildman–Crippen LogP) is 1.50. The Morgan fingerprint density at radius 1 is 1.19 bits per heavy atom. The minimum Gasteiger partial charge on any atom is -0.229 e. The van der Waals surface area contributed by atoms with Gasteiger partial charge in [-0.2, -0.15) is 4.31 Å². The Morgan fingerprint density at radius 2 is 1.81 bits per heavy atom. The molecule has 0 amide bonds. The molecule has 1 heterocycles. The van der Waals surface area contributed by atoms with Crippen LogP contribution in [0.15, 0.2) is 23.1 Å². The van der Waals surface area contributed by atoms with Crippen LogP contribution in [0.3, 0.4) is 0 Å². The summed E-state index contributed by atoms with van der Waals surface area (Å²) in [5.41, 5.74) is 1.04. The first-order valence-corrected chi connectivity index (χ1v) is 10.0. The summed E-state index contributed by atoms with van der Waals surface area (Å²) in [6.07, 6.45) is 0.329. The lowest BCUT2D eigenvalue weighted by molar-refractivity contribution is 0.272. The van der Waals surface area contributed by atoms with Gasteiger partial charge in [0, 0.05) is 12.6 Å². The van der Waals surface area contributed by atoms with E-state index in [0.717, 1.165) is 11.1 Å². The number of aryl methyl sites for hydroxylation is 2. The maximum Gasteiger partial charge on any atom is 0.243 e. The SMILES string of the molecule is Cc1ccc(S(=O)(=O)N(C)[C@]2(C)CCS(=O)(=O)C2)cc1C. The molecule has 7 heteroatoms. The maximum absolute atomic E-state index is 12.7. The number of benzene rings is 1. The van der Waals surface area contributed by atoms with E-state index in [2.05, 4.69) is 0 Å². The zero-order valence-electron chi connectivity index (χ0n) is 12.8. The third kappa shape index (κ3) is 3.00. The molecular weight excluding hydrogens is 310 g/mol. The Bertz CT molecular complexity index is 768. The minimum atomic E-state index is -3.70. The van der Waals surface area contributed by atoms with Crippen LogP contribution in [-0.4, -0.2) is 45.2 Å². The third-order valence-electron chi connectivity index (χ3n) is 4.38. The van der Waals surface area contributed by atoms with Crippen molar-refractivity contribution in [3.8, 4) is 0 Å². The van der Waals surface area contributed by atoms with Crippen LogP contribution in [0.1, 0.15) is 24.5 Å². The number of hydrogen-bond acceptors (Lipinski definition) is 4. The van der Waals surface area contributed by atoms with Gasteiger partial charge in [0.15, 0.2) is 9.84 Å². The van der Waals surface area contributed by atoms with Gasteiger partial charge in [-0.3, -0.25) is 0 Å². The Kier molecular flexibility index (Phi) is 3.97. The molecule has 1 aromatic carbocycles. The second-order valence-corrected chi connectivity index (χ2v) is 10.2. The molecule has 2 rings (SSSR count). The van der Waals surface area contributed by atoms with Gasteiger partial charge in [-0.15, -0.1) is 0 Å². The van der Waals surface area contributed by atoms with Crippen molar-refractivity contribution < 1.29 is 16.8 Å². The zero-order chi connectivity index (χ0) is 16.1. The van der Waals surface area contributed by atoms with Gasteiger partial charge in [0.1, 0.15) is 0 Å². The highest BCUT2D eigenvalue weighted by Gasteiger charge is 2.46. The molecule has 5 nitrogen and oxygen atoms in total. The van der Waals surface area contributed by atoms with Gasteiger partial charge in [0.05, 0.1) is 16.4 Å². The van der Waals surface area contributed by atoms with Crippen LogP contribution in [0, 0.1) is 13.8 Å². The number of sulfonamides is 1. The molecule has 0 N–H and O–H groups in total. The van der Waals surface area contributed by atoms with Crippen LogP contribution in [0.25, 0.3) is 0 Å². The molecule has 0 aliphatic carbocycles. The van der Waals surface area contributed by atoms with Crippen LogP contribution in [0.5, 0.6) is 0 Å². The van der Waals surface area contributed by atoms with Gasteiger partial charge >= 0.3 is 0 Å². The first kappa shape index (κ1) is 16.5. The van der Waals surface area contributed by atoms with Crippen LogP contribution in [0.4, 0.5) is 0 Å². The van der Waals surface area contributed by atoms with Gasteiger partial charge in [-0.05, 0) is 50.5 Å². The lowest BCUT2D eigenvalue weighted by Gasteiger charge is -2.33. The minimum absolute atomic E-state index is 0.0380. The van der Waals surface area contributed by atoms with Crippen molar-refractivity contribution in [3.63, 3.8) is 0 Å². The summed E-state index contributed by atoms with van der Waals surface area (Å²) in [4.78, 5) is 0.207. The number of nitrogens with zero attached hydrogens (tertiary/aromatic N) is 1. The fourth-order valence-corrected chi connectivity index (χ4v) is 6.44. The molecule has 0 aromatic heterocycles. The van der Waals surface area contributed by atoms with Crippen molar-refractivity contribution in [2.24, 2.45) is 0 Å². The lowest BCUT2D eigenvalue weighted by Crippen LogP contribution is -2.48. The van der Waals surface area contributed by atoms with Gasteiger partial charge in [-0.25, -0.2) is 16.8 Å². The van der Waals surface area contributed by atoms with Crippen molar-refractivity contribution in [2.75, 3.05) is 18.6 Å². The molecule has 0 spiro atoms. The first-order valence-electron chi connectivity index (χ1n) is 6.75. The fourth-order valence-electron chi connectivity index (χ4n) is 2.56. The third-order valence-corrected chi connectivity index (χ3v) is 8.28. The Labute approximate surface area is 126 Å². The average Bonchev–Trinajstić information content (AvgIpc) is 2.67. The monoisotopic (exact) mass is 331 g/mol. The van der Waals surface area contributed by atoms with E-state index in [0.29, 0.717) is 6.42 Å². The van der Waals surface area contributed by atoms with E-state index < -0.39 is 25.4 Å². The standard InChI is InChI=1S/C14H21NO4S2/c1-11-5-6-13(9-12(11)2)21(18,19)15(4)14(3)7-8-20(16,17)10-14/h5-6,9H,7-8,10H2,1-4H3/t14-/m1/s1. The largest absolute Gasteiger partial charge is 0.243 e. The average molecular weight is 331 g/mol. The Hall–Kier alpha value is -0.920. The molecular formula is C14H21NO4S2. The molecule has 0 unspecified atom stereocenters. The molecule has 1 aliphatic heterocycles. The zero-order valence-corrected chi connectivity index (χ0v) is 14.4. The molecule has 1 fully saturated rings. The van der Waals surface area contributed by atoms with E-state index in [1.807, 2.05) is 13.8 Å². The molecule has 0 bridgehead atoms. The summed E-state index contributed by atoms with van der Waals surface area (Å²) in [5.74, 6) is -0.0864. The van der Waals surface area contributed by atoms with Crippen LogP contribution >= 0.6 is 0 Å². The lowest BCUT2D eigenvalue weighted by atomic mass is 10.0. The number of hydrogen-bond donors (Lipinski definition) is 0. The second kappa shape index (κ2) is 5.07. The van der Waals surface area contributed by atoms with Crippen LogP contribution < -0.4 is 0 Å². The first-order chi connectivity index (χ1) is 9.48. The highest BCUT2D eigenvalue weighted by Crippen LogP contribution is 2.32. The van der Waals surface area contributed by atoms with Gasteiger partial charge in [-0.1, -0.05) is 6.07 Å². The van der Waals surface area contributed by atoms with E-state index in [-0.39, 0.29) is 16.4 Å². The van der Waals surface area contributed by atoms with E-state index in [9.17, 15) is 16.8 Å². The number of rotatable bonds is 3. The Balaban J connectivity index is 2.42. The van der Waals surface area contributed by atoms with Crippen LogP contribution in [0.2, 0.25) is 0 Å². The molecule has 1 aromatic rings. The molecule has 1 aliphatic rings. The van der Waals surface area contributed by atoms with E-state index in [1.165, 1.54) is 11.4 Å². The normalized spacial score (nSPS) is 25.4. The molecule has 0 saturated carbocycles. The quantitative estimate of drug-likeness (QED) is 0.841. The number of sulfone groups is 1. The van der Waals surface area contributed by atoms with Gasteiger partial charge < -0.3 is 0 Å². The van der Waals surface area contributed by atoms with Crippen LogP contribution in [-0.2, 0) is 19.9 Å². The summed E-state index contributed by atoms with van der Waals surface area (Å²) in [6, 6.07) is 4.97. The summed E-state index contributed by atoms with van der Waals surface area (Å²) in [6.45, 7) is 5.46. The molecule has 1 atom stereocenters. The molecule has 1 saturated heterocycles. The van der Waals surface area contributed by atoms with Crippen molar-refractivity contribution in [1.82, 2.24) is 4.31 Å². The predicted molar refractivity (Wildman–Crippen MR) is 82.5 cm³/mol. The van der Waals surface area contributed by atoms with Crippen molar-refractivity contribution in [1.29, 1.82) is 0 Å².